The van der Waals surface area contributed by atoms with E-state index in [9.17, 15) is 4.79 Å². The molecule has 106 valence electrons. The van der Waals surface area contributed by atoms with Crippen LogP contribution in [0.4, 0.5) is 5.69 Å². The van der Waals surface area contributed by atoms with Gasteiger partial charge in [-0.15, -0.1) is 0 Å². The molecule has 0 saturated carbocycles. The number of benzene rings is 1. The number of rotatable bonds is 6. The molecule has 1 amide bonds. The van der Waals surface area contributed by atoms with Gasteiger partial charge in [-0.2, -0.15) is 11.3 Å². The second-order valence-electron chi connectivity index (χ2n) is 4.65. The highest BCUT2D eigenvalue weighted by atomic mass is 79.9. The lowest BCUT2D eigenvalue weighted by atomic mass is 10.1. The van der Waals surface area contributed by atoms with E-state index in [0.29, 0.717) is 6.54 Å². The van der Waals surface area contributed by atoms with E-state index in [2.05, 4.69) is 50.3 Å². The number of para-hydroxylation sites is 1. The fourth-order valence-electron chi connectivity index (χ4n) is 1.86. The van der Waals surface area contributed by atoms with Gasteiger partial charge in [0.15, 0.2) is 0 Å². The molecule has 1 aromatic heterocycles. The highest BCUT2D eigenvalue weighted by Crippen LogP contribution is 2.20. The van der Waals surface area contributed by atoms with Gasteiger partial charge >= 0.3 is 0 Å². The molecular weight excluding hydrogens is 336 g/mol. The highest BCUT2D eigenvalue weighted by Gasteiger charge is 2.08. The summed E-state index contributed by atoms with van der Waals surface area (Å²) in [5, 5.41) is 10.3. The molecule has 1 heterocycles. The molecule has 0 bridgehead atoms. The van der Waals surface area contributed by atoms with Crippen LogP contribution in [0.2, 0.25) is 0 Å². The number of carbonyl (C=O) groups excluding carboxylic acids is 1. The summed E-state index contributed by atoms with van der Waals surface area (Å²) >= 11 is 5.11. The Balaban J connectivity index is 1.76. The molecule has 3 nitrogen and oxygen atoms in total. The van der Waals surface area contributed by atoms with Gasteiger partial charge in [-0.05, 0) is 63.8 Å². The Bertz CT molecular complexity index is 557. The normalized spacial score (nSPS) is 12.1. The maximum absolute atomic E-state index is 11.9. The smallest absolute Gasteiger partial charge is 0.238 e. The Morgan fingerprint density at radius 1 is 1.35 bits per heavy atom. The summed E-state index contributed by atoms with van der Waals surface area (Å²) < 4.78 is 0.889. The van der Waals surface area contributed by atoms with Crippen LogP contribution >= 0.6 is 27.3 Å². The largest absolute Gasteiger partial charge is 0.324 e. The Hall–Kier alpha value is -1.17. The van der Waals surface area contributed by atoms with E-state index in [-0.39, 0.29) is 11.9 Å². The van der Waals surface area contributed by atoms with Crippen LogP contribution in [-0.2, 0) is 11.2 Å². The summed E-state index contributed by atoms with van der Waals surface area (Å²) in [7, 11) is 0. The second kappa shape index (κ2) is 7.57. The number of nitrogens with one attached hydrogen (secondary N) is 2. The number of thiophene rings is 1. The van der Waals surface area contributed by atoms with E-state index in [1.54, 1.807) is 11.3 Å². The third-order valence-electron chi connectivity index (χ3n) is 2.88. The average molecular weight is 353 g/mol. The fourth-order valence-corrected chi connectivity index (χ4v) is 2.92. The molecule has 1 aromatic carbocycles. The van der Waals surface area contributed by atoms with E-state index in [4.69, 9.17) is 0 Å². The summed E-state index contributed by atoms with van der Waals surface area (Å²) in [5.41, 5.74) is 2.10. The molecule has 0 radical (unpaired) electrons. The predicted octanol–water partition coefficient (Wildman–Crippen LogP) is 3.67. The lowest BCUT2D eigenvalue weighted by Crippen LogP contribution is -2.35. The molecule has 0 spiro atoms. The topological polar surface area (TPSA) is 41.1 Å². The van der Waals surface area contributed by atoms with Crippen molar-refractivity contribution in [1.29, 1.82) is 0 Å². The Morgan fingerprint density at radius 2 is 2.15 bits per heavy atom. The number of halogens is 1. The Morgan fingerprint density at radius 3 is 2.85 bits per heavy atom. The van der Waals surface area contributed by atoms with Crippen LogP contribution in [0.1, 0.15) is 12.5 Å². The van der Waals surface area contributed by atoms with Crippen LogP contribution in [-0.4, -0.2) is 18.5 Å². The highest BCUT2D eigenvalue weighted by molar-refractivity contribution is 9.10. The molecule has 0 aliphatic rings. The van der Waals surface area contributed by atoms with E-state index in [1.807, 2.05) is 24.3 Å². The van der Waals surface area contributed by atoms with E-state index < -0.39 is 0 Å². The van der Waals surface area contributed by atoms with Gasteiger partial charge in [0.2, 0.25) is 5.91 Å². The molecule has 2 N–H and O–H groups in total. The summed E-state index contributed by atoms with van der Waals surface area (Å²) in [6.45, 7) is 2.40. The molecule has 0 aliphatic heterocycles. The van der Waals surface area contributed by atoms with E-state index in [0.717, 1.165) is 16.6 Å². The minimum absolute atomic E-state index is 0.0333. The maximum atomic E-state index is 11.9. The van der Waals surface area contributed by atoms with Crippen molar-refractivity contribution in [2.24, 2.45) is 0 Å². The molecule has 0 saturated heterocycles. The van der Waals surface area contributed by atoms with Gasteiger partial charge in [0.25, 0.3) is 0 Å². The summed E-state index contributed by atoms with van der Waals surface area (Å²) in [6.07, 6.45) is 0.936. The van der Waals surface area contributed by atoms with Gasteiger partial charge in [0.05, 0.1) is 12.2 Å². The number of carbonyl (C=O) groups is 1. The van der Waals surface area contributed by atoms with Crippen molar-refractivity contribution >= 4 is 38.9 Å². The first-order chi connectivity index (χ1) is 9.65. The zero-order chi connectivity index (χ0) is 14.4. The lowest BCUT2D eigenvalue weighted by Gasteiger charge is -2.13. The first kappa shape index (κ1) is 15.2. The van der Waals surface area contributed by atoms with E-state index >= 15 is 0 Å². The monoisotopic (exact) mass is 352 g/mol. The fraction of sp³-hybridized carbons (Fsp3) is 0.267. The molecule has 0 aliphatic carbocycles. The third-order valence-corrected chi connectivity index (χ3v) is 4.30. The van der Waals surface area contributed by atoms with Crippen molar-refractivity contribution < 1.29 is 4.79 Å². The first-order valence-electron chi connectivity index (χ1n) is 6.44. The average Bonchev–Trinajstić information content (AvgIpc) is 2.92. The molecule has 2 rings (SSSR count). The minimum atomic E-state index is -0.0333. The maximum Gasteiger partial charge on any atom is 0.238 e. The summed E-state index contributed by atoms with van der Waals surface area (Å²) in [5.74, 6) is -0.0333. The molecule has 1 atom stereocenters. The van der Waals surface area contributed by atoms with Crippen molar-refractivity contribution in [2.45, 2.75) is 19.4 Å². The number of hydrogen-bond donors (Lipinski definition) is 2. The summed E-state index contributed by atoms with van der Waals surface area (Å²) in [4.78, 5) is 11.9. The second-order valence-corrected chi connectivity index (χ2v) is 6.28. The predicted molar refractivity (Wildman–Crippen MR) is 88.3 cm³/mol. The Labute approximate surface area is 131 Å². The summed E-state index contributed by atoms with van der Waals surface area (Å²) in [6, 6.07) is 9.98. The molecular formula is C15H17BrN2OS. The van der Waals surface area contributed by atoms with E-state index in [1.165, 1.54) is 5.56 Å². The van der Waals surface area contributed by atoms with Gasteiger partial charge in [0, 0.05) is 10.5 Å². The van der Waals surface area contributed by atoms with Crippen LogP contribution in [0.5, 0.6) is 0 Å². The number of hydrogen-bond acceptors (Lipinski definition) is 3. The first-order valence-corrected chi connectivity index (χ1v) is 8.17. The van der Waals surface area contributed by atoms with Crippen LogP contribution in [0.3, 0.4) is 0 Å². The number of amides is 1. The van der Waals surface area contributed by atoms with Crippen LogP contribution in [0, 0.1) is 0 Å². The SMILES string of the molecule is CC(Cc1ccsc1)NCC(=O)Nc1ccccc1Br. The lowest BCUT2D eigenvalue weighted by molar-refractivity contribution is -0.115. The third kappa shape index (κ3) is 4.74. The van der Waals surface area contributed by atoms with Gasteiger partial charge in [-0.1, -0.05) is 12.1 Å². The molecule has 20 heavy (non-hydrogen) atoms. The van der Waals surface area contributed by atoms with Crippen molar-refractivity contribution in [3.8, 4) is 0 Å². The minimum Gasteiger partial charge on any atom is -0.324 e. The van der Waals surface area contributed by atoms with Gasteiger partial charge in [0.1, 0.15) is 0 Å². The van der Waals surface area contributed by atoms with Crippen molar-refractivity contribution in [3.63, 3.8) is 0 Å². The van der Waals surface area contributed by atoms with Crippen LogP contribution in [0.25, 0.3) is 0 Å². The van der Waals surface area contributed by atoms with Gasteiger partial charge < -0.3 is 10.6 Å². The number of anilines is 1. The van der Waals surface area contributed by atoms with Crippen molar-refractivity contribution in [1.82, 2.24) is 5.32 Å². The zero-order valence-electron chi connectivity index (χ0n) is 11.2. The molecule has 2 aromatic rings. The standard InChI is InChI=1S/C15H17BrN2OS/c1-11(8-12-6-7-20-10-12)17-9-15(19)18-14-5-3-2-4-13(14)16/h2-7,10-11,17H,8-9H2,1H3,(H,18,19). The van der Waals surface area contributed by atoms with Crippen LogP contribution in [0.15, 0.2) is 45.6 Å². The zero-order valence-corrected chi connectivity index (χ0v) is 13.6. The van der Waals surface area contributed by atoms with Gasteiger partial charge in [-0.25, -0.2) is 0 Å². The molecule has 1 unspecified atom stereocenters. The molecule has 0 fully saturated rings. The Kier molecular flexibility index (Phi) is 5.76. The quantitative estimate of drug-likeness (QED) is 0.832. The van der Waals surface area contributed by atoms with Crippen LogP contribution < -0.4 is 10.6 Å². The van der Waals surface area contributed by atoms with Crippen molar-refractivity contribution in [3.05, 3.63) is 51.1 Å². The van der Waals surface area contributed by atoms with Crippen molar-refractivity contribution in [2.75, 3.05) is 11.9 Å². The van der Waals surface area contributed by atoms with Gasteiger partial charge in [-0.3, -0.25) is 4.79 Å². The molecule has 5 heteroatoms.